The Balaban J connectivity index is 2.67. The largest absolute Gasteiger partial charge is 0.463 e. The third kappa shape index (κ3) is 2.25. The van der Waals surface area contributed by atoms with Crippen molar-refractivity contribution in [2.24, 2.45) is 0 Å². The molecule has 0 saturated heterocycles. The van der Waals surface area contributed by atoms with Gasteiger partial charge in [0.1, 0.15) is 5.75 Å². The second-order valence-electron chi connectivity index (χ2n) is 3.09. The normalized spacial score (nSPS) is 12.9. The minimum Gasteiger partial charge on any atom is -0.463 e. The van der Waals surface area contributed by atoms with E-state index in [0.29, 0.717) is 0 Å². The number of rotatable bonds is 4. The zero-order chi connectivity index (χ0) is 9.84. The second kappa shape index (κ2) is 4.33. The van der Waals surface area contributed by atoms with Crippen LogP contribution >= 0.6 is 0 Å². The fourth-order valence-corrected chi connectivity index (χ4v) is 1.14. The quantitative estimate of drug-likeness (QED) is 0.727. The van der Waals surface area contributed by atoms with Crippen molar-refractivity contribution < 1.29 is 9.47 Å². The number of hydrogen-bond acceptors (Lipinski definition) is 2. The highest BCUT2D eigenvalue weighted by atomic mass is 16.7. The highest BCUT2D eigenvalue weighted by Crippen LogP contribution is 2.21. The summed E-state index contributed by atoms with van der Waals surface area (Å²) < 4.78 is 10.7. The van der Waals surface area contributed by atoms with Crippen molar-refractivity contribution in [3.8, 4) is 5.75 Å². The van der Waals surface area contributed by atoms with Crippen molar-refractivity contribution in [2.45, 2.75) is 33.5 Å². The number of aryl methyl sites for hydroxylation is 1. The molecule has 1 atom stereocenters. The number of H-pyrrole nitrogens is 1. The number of aromatic amines is 1. The molecule has 1 N–H and O–H groups in total. The fourth-order valence-electron chi connectivity index (χ4n) is 1.14. The van der Waals surface area contributed by atoms with Gasteiger partial charge in [0.2, 0.25) is 0 Å². The van der Waals surface area contributed by atoms with Crippen molar-refractivity contribution in [1.82, 2.24) is 4.98 Å². The lowest BCUT2D eigenvalue weighted by molar-refractivity contribution is -0.0551. The number of aromatic nitrogens is 1. The maximum absolute atomic E-state index is 5.61. The predicted molar refractivity (Wildman–Crippen MR) is 52.0 cm³/mol. The van der Waals surface area contributed by atoms with Crippen LogP contribution in [0.1, 0.15) is 24.6 Å². The molecular weight excluding hydrogens is 166 g/mol. The van der Waals surface area contributed by atoms with Crippen molar-refractivity contribution in [2.75, 3.05) is 7.11 Å². The maximum atomic E-state index is 5.61. The topological polar surface area (TPSA) is 34.2 Å². The fraction of sp³-hybridized carbons (Fsp3) is 0.600. The van der Waals surface area contributed by atoms with E-state index in [1.54, 1.807) is 7.11 Å². The number of hydrogen-bond donors (Lipinski definition) is 1. The number of ether oxygens (including phenoxy) is 2. The molecule has 74 valence electrons. The molecule has 0 aliphatic rings. The van der Waals surface area contributed by atoms with Gasteiger partial charge >= 0.3 is 0 Å². The van der Waals surface area contributed by atoms with Crippen LogP contribution in [0.3, 0.4) is 0 Å². The van der Waals surface area contributed by atoms with Gasteiger partial charge in [0.15, 0.2) is 6.29 Å². The van der Waals surface area contributed by atoms with Gasteiger partial charge in [-0.05, 0) is 13.8 Å². The van der Waals surface area contributed by atoms with Crippen LogP contribution < -0.4 is 4.74 Å². The lowest BCUT2D eigenvalue weighted by Gasteiger charge is -2.14. The molecule has 0 saturated carbocycles. The average Bonchev–Trinajstić information content (AvgIpc) is 2.45. The summed E-state index contributed by atoms with van der Waals surface area (Å²) in [6.45, 7) is 6.09. The van der Waals surface area contributed by atoms with E-state index < -0.39 is 0 Å². The molecule has 0 aliphatic heterocycles. The standard InChI is InChI=1S/C10H17NO2/c1-5-10(12-4)13-9-6-11-8(3)7(9)2/h6,10-11H,5H2,1-4H3. The first kappa shape index (κ1) is 10.1. The van der Waals surface area contributed by atoms with E-state index in [9.17, 15) is 0 Å². The summed E-state index contributed by atoms with van der Waals surface area (Å²) in [5.74, 6) is 0.881. The number of methoxy groups -OCH3 is 1. The summed E-state index contributed by atoms with van der Waals surface area (Å²) in [7, 11) is 1.66. The molecule has 0 spiro atoms. The van der Waals surface area contributed by atoms with Crippen molar-refractivity contribution in [3.63, 3.8) is 0 Å². The third-order valence-corrected chi connectivity index (χ3v) is 2.21. The molecule has 3 nitrogen and oxygen atoms in total. The SMILES string of the molecule is CCC(OC)Oc1c[nH]c(C)c1C. The second-order valence-corrected chi connectivity index (χ2v) is 3.09. The Morgan fingerprint density at radius 2 is 2.15 bits per heavy atom. The molecule has 0 amide bonds. The van der Waals surface area contributed by atoms with E-state index in [-0.39, 0.29) is 6.29 Å². The first-order chi connectivity index (χ1) is 6.19. The molecule has 3 heteroatoms. The van der Waals surface area contributed by atoms with E-state index in [0.717, 1.165) is 23.4 Å². The van der Waals surface area contributed by atoms with Crippen LogP contribution in [-0.4, -0.2) is 18.4 Å². The molecule has 0 aromatic carbocycles. The lowest BCUT2D eigenvalue weighted by Crippen LogP contribution is -2.17. The van der Waals surface area contributed by atoms with Gasteiger partial charge in [0, 0.05) is 31.0 Å². The van der Waals surface area contributed by atoms with Crippen molar-refractivity contribution in [1.29, 1.82) is 0 Å². The van der Waals surface area contributed by atoms with Crippen LogP contribution in [0.2, 0.25) is 0 Å². The highest BCUT2D eigenvalue weighted by Gasteiger charge is 2.10. The van der Waals surface area contributed by atoms with Gasteiger partial charge in [-0.15, -0.1) is 0 Å². The zero-order valence-corrected chi connectivity index (χ0v) is 8.68. The van der Waals surface area contributed by atoms with Crippen LogP contribution in [0.25, 0.3) is 0 Å². The molecule has 0 bridgehead atoms. The molecule has 1 unspecified atom stereocenters. The summed E-state index contributed by atoms with van der Waals surface area (Å²) in [5.41, 5.74) is 2.29. The van der Waals surface area contributed by atoms with Gasteiger partial charge < -0.3 is 14.5 Å². The first-order valence-corrected chi connectivity index (χ1v) is 4.53. The van der Waals surface area contributed by atoms with Gasteiger partial charge in [-0.1, -0.05) is 6.92 Å². The zero-order valence-electron chi connectivity index (χ0n) is 8.68. The minimum atomic E-state index is -0.145. The van der Waals surface area contributed by atoms with Crippen LogP contribution in [0.5, 0.6) is 5.75 Å². The molecule has 1 aromatic rings. The van der Waals surface area contributed by atoms with Crippen molar-refractivity contribution in [3.05, 3.63) is 17.5 Å². The third-order valence-electron chi connectivity index (χ3n) is 2.21. The average molecular weight is 183 g/mol. The number of nitrogens with one attached hydrogen (secondary N) is 1. The predicted octanol–water partition coefficient (Wildman–Crippen LogP) is 2.39. The van der Waals surface area contributed by atoms with Gasteiger partial charge in [-0.3, -0.25) is 0 Å². The molecule has 1 heterocycles. The summed E-state index contributed by atoms with van der Waals surface area (Å²) in [4.78, 5) is 3.11. The molecule has 0 radical (unpaired) electrons. The highest BCUT2D eigenvalue weighted by molar-refractivity contribution is 5.34. The van der Waals surface area contributed by atoms with Gasteiger partial charge in [0.05, 0.1) is 0 Å². The summed E-state index contributed by atoms with van der Waals surface area (Å²) >= 11 is 0. The van der Waals surface area contributed by atoms with Crippen LogP contribution in [0, 0.1) is 13.8 Å². The van der Waals surface area contributed by atoms with E-state index in [2.05, 4.69) is 4.98 Å². The Kier molecular flexibility index (Phi) is 3.37. The van der Waals surface area contributed by atoms with E-state index >= 15 is 0 Å². The minimum absolute atomic E-state index is 0.145. The Bertz CT molecular complexity index is 264. The molecule has 1 aromatic heterocycles. The summed E-state index contributed by atoms with van der Waals surface area (Å²) in [6, 6.07) is 0. The molecule has 1 rings (SSSR count). The first-order valence-electron chi connectivity index (χ1n) is 4.53. The lowest BCUT2D eigenvalue weighted by atomic mass is 10.3. The van der Waals surface area contributed by atoms with Gasteiger partial charge in [-0.25, -0.2) is 0 Å². The van der Waals surface area contributed by atoms with Crippen LogP contribution in [0.4, 0.5) is 0 Å². The van der Waals surface area contributed by atoms with E-state index in [4.69, 9.17) is 9.47 Å². The summed E-state index contributed by atoms with van der Waals surface area (Å²) in [6.07, 6.45) is 2.57. The van der Waals surface area contributed by atoms with Gasteiger partial charge in [-0.2, -0.15) is 0 Å². The maximum Gasteiger partial charge on any atom is 0.199 e. The smallest absolute Gasteiger partial charge is 0.199 e. The summed E-state index contributed by atoms with van der Waals surface area (Å²) in [5, 5.41) is 0. The van der Waals surface area contributed by atoms with Crippen molar-refractivity contribution >= 4 is 0 Å². The van der Waals surface area contributed by atoms with E-state index in [1.807, 2.05) is 27.0 Å². The molecule has 0 fully saturated rings. The Labute approximate surface area is 79.1 Å². The Morgan fingerprint density at radius 1 is 1.46 bits per heavy atom. The van der Waals surface area contributed by atoms with Crippen LogP contribution in [0.15, 0.2) is 6.20 Å². The molecule has 0 aliphatic carbocycles. The Morgan fingerprint density at radius 3 is 2.54 bits per heavy atom. The Hall–Kier alpha value is -0.960. The van der Waals surface area contributed by atoms with Gasteiger partial charge in [0.25, 0.3) is 0 Å². The molecular formula is C10H17NO2. The van der Waals surface area contributed by atoms with E-state index in [1.165, 1.54) is 0 Å². The van der Waals surface area contributed by atoms with Crippen LogP contribution in [-0.2, 0) is 4.74 Å². The molecule has 13 heavy (non-hydrogen) atoms. The monoisotopic (exact) mass is 183 g/mol.